The van der Waals surface area contributed by atoms with Crippen LogP contribution < -0.4 is 15.5 Å². The van der Waals surface area contributed by atoms with E-state index in [1.165, 1.54) is 5.56 Å². The minimum atomic E-state index is -0.976. The van der Waals surface area contributed by atoms with E-state index >= 15 is 0 Å². The zero-order valence-corrected chi connectivity index (χ0v) is 21.9. The number of carbonyl (C=O) groups excluding carboxylic acids is 5. The van der Waals surface area contributed by atoms with Crippen LogP contribution in [0.3, 0.4) is 0 Å². The molecule has 0 saturated carbocycles. The summed E-state index contributed by atoms with van der Waals surface area (Å²) in [5.41, 5.74) is 4.01. The number of benzene rings is 2. The molecule has 2 fully saturated rings. The number of piperidine rings is 2. The quantitative estimate of drug-likeness (QED) is 0.422. The van der Waals surface area contributed by atoms with Gasteiger partial charge in [0.15, 0.2) is 5.82 Å². The number of imide groups is 2. The second kappa shape index (κ2) is 10.1. The van der Waals surface area contributed by atoms with E-state index in [1.807, 2.05) is 37.3 Å². The van der Waals surface area contributed by atoms with Gasteiger partial charge in [-0.15, -0.1) is 0 Å². The Kier molecular flexibility index (Phi) is 6.41. The maximum absolute atomic E-state index is 13.2. The lowest BCUT2D eigenvalue weighted by atomic mass is 9.88. The average molecular weight is 541 g/mol. The number of amides is 5. The van der Waals surface area contributed by atoms with Gasteiger partial charge >= 0.3 is 0 Å². The molecule has 3 aliphatic rings. The normalized spacial score (nSPS) is 19.6. The van der Waals surface area contributed by atoms with Crippen molar-refractivity contribution in [2.45, 2.75) is 44.6 Å². The lowest BCUT2D eigenvalue weighted by molar-refractivity contribution is -0.136. The third-order valence-corrected chi connectivity index (χ3v) is 7.88. The molecule has 40 heavy (non-hydrogen) atoms. The van der Waals surface area contributed by atoms with Crippen molar-refractivity contribution in [3.63, 3.8) is 0 Å². The number of nitrogens with zero attached hydrogens (tertiary/aromatic N) is 3. The van der Waals surface area contributed by atoms with Crippen molar-refractivity contribution in [1.82, 2.24) is 20.4 Å². The van der Waals surface area contributed by atoms with Gasteiger partial charge in [-0.3, -0.25) is 39.3 Å². The second-order valence-electron chi connectivity index (χ2n) is 10.5. The number of aryl methyl sites for hydroxylation is 1. The molecular formula is C29H28N6O5. The number of rotatable bonds is 5. The van der Waals surface area contributed by atoms with Crippen LogP contribution in [-0.4, -0.2) is 63.8 Å². The van der Waals surface area contributed by atoms with Crippen molar-refractivity contribution in [3.05, 3.63) is 76.5 Å². The standard InChI is InChI=1S/C29H28N6O5/c1-16-14-24(33-32-16)30-26(37)19-4-2-17(3-5-19)18-10-12-34(13-11-18)20-6-7-21-22(15-20)29(40)35(28(21)39)23-8-9-25(36)31-27(23)38/h2-7,14-15,18,23H,8-13H2,1H3,(H,31,36,38)(H2,30,32,33,37). The number of hydrogen-bond acceptors (Lipinski definition) is 7. The molecule has 2 aromatic carbocycles. The molecule has 5 amide bonds. The van der Waals surface area contributed by atoms with Gasteiger partial charge in [0.25, 0.3) is 17.7 Å². The van der Waals surface area contributed by atoms with Gasteiger partial charge in [0.2, 0.25) is 11.8 Å². The smallest absolute Gasteiger partial charge is 0.262 e. The van der Waals surface area contributed by atoms with Gasteiger partial charge in [-0.2, -0.15) is 5.10 Å². The molecule has 2 saturated heterocycles. The molecule has 1 unspecified atom stereocenters. The predicted molar refractivity (Wildman–Crippen MR) is 145 cm³/mol. The predicted octanol–water partition coefficient (Wildman–Crippen LogP) is 2.76. The molecule has 3 aromatic rings. The number of aromatic nitrogens is 2. The second-order valence-corrected chi connectivity index (χ2v) is 10.5. The van der Waals surface area contributed by atoms with E-state index < -0.39 is 29.7 Å². The van der Waals surface area contributed by atoms with Crippen molar-refractivity contribution >= 4 is 41.0 Å². The first kappa shape index (κ1) is 25.5. The molecule has 204 valence electrons. The van der Waals surface area contributed by atoms with E-state index in [-0.39, 0.29) is 29.9 Å². The van der Waals surface area contributed by atoms with Crippen molar-refractivity contribution in [2.75, 3.05) is 23.3 Å². The molecule has 11 heteroatoms. The first-order valence-electron chi connectivity index (χ1n) is 13.3. The van der Waals surface area contributed by atoms with Crippen LogP contribution in [0.5, 0.6) is 0 Å². The summed E-state index contributed by atoms with van der Waals surface area (Å²) in [6.45, 7) is 3.40. The minimum Gasteiger partial charge on any atom is -0.371 e. The fourth-order valence-corrected chi connectivity index (χ4v) is 5.70. The molecule has 0 aliphatic carbocycles. The van der Waals surface area contributed by atoms with Gasteiger partial charge in [-0.25, -0.2) is 0 Å². The van der Waals surface area contributed by atoms with Crippen LogP contribution >= 0.6 is 0 Å². The van der Waals surface area contributed by atoms with Crippen LogP contribution in [0.4, 0.5) is 11.5 Å². The van der Waals surface area contributed by atoms with Crippen molar-refractivity contribution in [2.24, 2.45) is 0 Å². The number of anilines is 2. The molecule has 0 spiro atoms. The maximum atomic E-state index is 13.2. The number of hydrogen-bond donors (Lipinski definition) is 3. The summed E-state index contributed by atoms with van der Waals surface area (Å²) in [4.78, 5) is 65.7. The summed E-state index contributed by atoms with van der Waals surface area (Å²) in [7, 11) is 0. The summed E-state index contributed by atoms with van der Waals surface area (Å²) in [5, 5.41) is 11.8. The van der Waals surface area contributed by atoms with Gasteiger partial charge in [0.05, 0.1) is 11.1 Å². The highest BCUT2D eigenvalue weighted by Gasteiger charge is 2.44. The maximum Gasteiger partial charge on any atom is 0.262 e. The van der Waals surface area contributed by atoms with Gasteiger partial charge in [0.1, 0.15) is 6.04 Å². The highest BCUT2D eigenvalue weighted by molar-refractivity contribution is 6.23. The molecule has 0 bridgehead atoms. The van der Waals surface area contributed by atoms with Crippen molar-refractivity contribution in [3.8, 4) is 0 Å². The fourth-order valence-electron chi connectivity index (χ4n) is 5.70. The van der Waals surface area contributed by atoms with E-state index in [0.29, 0.717) is 17.3 Å². The van der Waals surface area contributed by atoms with E-state index in [1.54, 1.807) is 18.2 Å². The van der Waals surface area contributed by atoms with Crippen LogP contribution in [0, 0.1) is 6.92 Å². The van der Waals surface area contributed by atoms with Gasteiger partial charge in [-0.05, 0) is 68.0 Å². The molecule has 1 atom stereocenters. The Hall–Kier alpha value is -4.80. The fraction of sp³-hybridized carbons (Fsp3) is 0.310. The van der Waals surface area contributed by atoms with Crippen molar-refractivity contribution < 1.29 is 24.0 Å². The first-order chi connectivity index (χ1) is 19.3. The minimum absolute atomic E-state index is 0.0880. The number of carbonyl (C=O) groups is 5. The third kappa shape index (κ3) is 4.63. The Morgan fingerprint density at radius 1 is 0.925 bits per heavy atom. The molecule has 3 aliphatic heterocycles. The highest BCUT2D eigenvalue weighted by atomic mass is 16.2. The molecule has 3 N–H and O–H groups in total. The number of nitrogens with one attached hydrogen (secondary N) is 3. The SMILES string of the molecule is Cc1cc(NC(=O)c2ccc(C3CCN(c4ccc5c(c4)C(=O)N(C4CCC(=O)NC4=O)C5=O)CC3)cc2)n[nH]1. The third-order valence-electron chi connectivity index (χ3n) is 7.88. The topological polar surface area (TPSA) is 145 Å². The van der Waals surface area contributed by atoms with E-state index in [0.717, 1.165) is 42.2 Å². The average Bonchev–Trinajstić information content (AvgIpc) is 3.48. The Balaban J connectivity index is 1.09. The van der Waals surface area contributed by atoms with Crippen LogP contribution in [-0.2, 0) is 9.59 Å². The molecule has 4 heterocycles. The van der Waals surface area contributed by atoms with Crippen LogP contribution in [0.2, 0.25) is 0 Å². The van der Waals surface area contributed by atoms with Gasteiger partial charge in [0, 0.05) is 42.5 Å². The van der Waals surface area contributed by atoms with Crippen molar-refractivity contribution in [1.29, 1.82) is 0 Å². The van der Waals surface area contributed by atoms with E-state index in [2.05, 4.69) is 25.7 Å². The largest absolute Gasteiger partial charge is 0.371 e. The lowest BCUT2D eigenvalue weighted by Gasteiger charge is -2.34. The number of aromatic amines is 1. The Bertz CT molecular complexity index is 1540. The Labute approximate surface area is 229 Å². The molecular weight excluding hydrogens is 512 g/mol. The molecule has 11 nitrogen and oxygen atoms in total. The summed E-state index contributed by atoms with van der Waals surface area (Å²) in [6.07, 6.45) is 2.01. The Morgan fingerprint density at radius 2 is 1.65 bits per heavy atom. The molecule has 6 rings (SSSR count). The summed E-state index contributed by atoms with van der Waals surface area (Å²) < 4.78 is 0. The zero-order chi connectivity index (χ0) is 28.0. The van der Waals surface area contributed by atoms with Gasteiger partial charge < -0.3 is 10.2 Å². The van der Waals surface area contributed by atoms with Crippen LogP contribution in [0.25, 0.3) is 0 Å². The van der Waals surface area contributed by atoms with Crippen LogP contribution in [0.15, 0.2) is 48.5 Å². The van der Waals surface area contributed by atoms with E-state index in [9.17, 15) is 24.0 Å². The summed E-state index contributed by atoms with van der Waals surface area (Å²) in [5.74, 6) is -1.41. The lowest BCUT2D eigenvalue weighted by Crippen LogP contribution is -2.54. The monoisotopic (exact) mass is 540 g/mol. The molecule has 1 aromatic heterocycles. The van der Waals surface area contributed by atoms with Crippen LogP contribution in [0.1, 0.15) is 73.9 Å². The summed E-state index contributed by atoms with van der Waals surface area (Å²) in [6, 6.07) is 13.7. The van der Waals surface area contributed by atoms with E-state index in [4.69, 9.17) is 0 Å². The number of fused-ring (bicyclic) bond motifs is 1. The Morgan fingerprint density at radius 3 is 2.33 bits per heavy atom. The first-order valence-corrected chi connectivity index (χ1v) is 13.3. The zero-order valence-electron chi connectivity index (χ0n) is 21.9. The highest BCUT2D eigenvalue weighted by Crippen LogP contribution is 2.34. The van der Waals surface area contributed by atoms with Gasteiger partial charge in [-0.1, -0.05) is 12.1 Å². The number of H-pyrrole nitrogens is 1. The molecule has 0 radical (unpaired) electrons. The summed E-state index contributed by atoms with van der Waals surface area (Å²) >= 11 is 0.